The summed E-state index contributed by atoms with van der Waals surface area (Å²) in [7, 11) is 0. The molecule has 1 aromatic heterocycles. The van der Waals surface area contributed by atoms with Gasteiger partial charge in [-0.3, -0.25) is 0 Å². The summed E-state index contributed by atoms with van der Waals surface area (Å²) in [5, 5.41) is 16.2. The van der Waals surface area contributed by atoms with Crippen molar-refractivity contribution in [3.05, 3.63) is 16.1 Å². The molecule has 1 aromatic rings. The molecule has 4 heteroatoms. The van der Waals surface area contributed by atoms with Gasteiger partial charge in [0.25, 0.3) is 0 Å². The fourth-order valence-electron chi connectivity index (χ4n) is 1.71. The Bertz CT molecular complexity index is 355. The smallest absolute Gasteiger partial charge is 0.107 e. The molecule has 18 heavy (non-hydrogen) atoms. The summed E-state index contributed by atoms with van der Waals surface area (Å²) in [5.41, 5.74) is 1.26. The van der Waals surface area contributed by atoms with Crippen molar-refractivity contribution in [3.8, 4) is 0 Å². The van der Waals surface area contributed by atoms with Gasteiger partial charge in [-0.05, 0) is 12.3 Å². The van der Waals surface area contributed by atoms with E-state index in [1.54, 1.807) is 11.3 Å². The summed E-state index contributed by atoms with van der Waals surface area (Å²) in [6.45, 7) is 12.2. The van der Waals surface area contributed by atoms with Gasteiger partial charge in [0, 0.05) is 23.9 Å². The van der Waals surface area contributed by atoms with Gasteiger partial charge in [-0.25, -0.2) is 4.98 Å². The van der Waals surface area contributed by atoms with E-state index in [0.717, 1.165) is 23.7 Å². The van der Waals surface area contributed by atoms with Crippen LogP contribution in [0.1, 0.15) is 51.7 Å². The van der Waals surface area contributed by atoms with Crippen LogP contribution in [0.2, 0.25) is 0 Å². The highest BCUT2D eigenvalue weighted by atomic mass is 32.1. The molecule has 0 saturated carbocycles. The lowest BCUT2D eigenvalue weighted by molar-refractivity contribution is 0.146. The van der Waals surface area contributed by atoms with Crippen LogP contribution in [0.15, 0.2) is 5.38 Å². The van der Waals surface area contributed by atoms with Crippen LogP contribution in [0.5, 0.6) is 0 Å². The van der Waals surface area contributed by atoms with E-state index >= 15 is 0 Å². The van der Waals surface area contributed by atoms with Crippen molar-refractivity contribution in [1.29, 1.82) is 0 Å². The third-order valence-corrected chi connectivity index (χ3v) is 3.57. The summed E-state index contributed by atoms with van der Waals surface area (Å²) < 4.78 is 0. The minimum absolute atomic E-state index is 0.117. The number of aliphatic hydroxyl groups excluding tert-OH is 1. The number of aromatic nitrogens is 1. The predicted octanol–water partition coefficient (Wildman–Crippen LogP) is 2.94. The molecule has 0 bridgehead atoms. The van der Waals surface area contributed by atoms with E-state index < -0.39 is 0 Å². The zero-order valence-electron chi connectivity index (χ0n) is 12.2. The van der Waals surface area contributed by atoms with Crippen molar-refractivity contribution in [2.75, 3.05) is 6.54 Å². The number of thiazole rings is 1. The first kappa shape index (κ1) is 15.6. The molecule has 0 aliphatic carbocycles. The van der Waals surface area contributed by atoms with Crippen LogP contribution in [0.4, 0.5) is 0 Å². The van der Waals surface area contributed by atoms with Gasteiger partial charge < -0.3 is 10.4 Å². The molecular formula is C14H26N2OS. The first-order valence-electron chi connectivity index (χ1n) is 6.62. The minimum atomic E-state index is -0.257. The number of rotatable bonds is 6. The molecule has 104 valence electrons. The standard InChI is InChI=1S/C14H26N2OS/c1-10(2)6-11(17)7-15-8-13-16-12(9-18-13)14(3,4)5/h9-11,15,17H,6-8H2,1-5H3. The van der Waals surface area contributed by atoms with Gasteiger partial charge in [0.05, 0.1) is 11.8 Å². The van der Waals surface area contributed by atoms with E-state index in [1.807, 2.05) is 0 Å². The molecule has 0 amide bonds. The van der Waals surface area contributed by atoms with Crippen LogP contribution >= 0.6 is 11.3 Å². The maximum atomic E-state index is 9.75. The van der Waals surface area contributed by atoms with Crippen molar-refractivity contribution in [1.82, 2.24) is 10.3 Å². The van der Waals surface area contributed by atoms with Crippen molar-refractivity contribution < 1.29 is 5.11 Å². The molecule has 1 rings (SSSR count). The molecule has 0 aliphatic heterocycles. The van der Waals surface area contributed by atoms with Gasteiger partial charge in [0.1, 0.15) is 5.01 Å². The third kappa shape index (κ3) is 5.46. The molecule has 0 aliphatic rings. The van der Waals surface area contributed by atoms with E-state index in [2.05, 4.69) is 50.3 Å². The Kier molecular flexibility index (Phi) is 5.76. The number of aliphatic hydroxyl groups is 1. The summed E-state index contributed by atoms with van der Waals surface area (Å²) in [6, 6.07) is 0. The average Bonchev–Trinajstić information content (AvgIpc) is 2.64. The van der Waals surface area contributed by atoms with Crippen LogP contribution in [0.3, 0.4) is 0 Å². The second-order valence-corrected chi connectivity index (χ2v) is 7.23. The zero-order chi connectivity index (χ0) is 13.8. The third-order valence-electron chi connectivity index (χ3n) is 2.72. The van der Waals surface area contributed by atoms with E-state index in [-0.39, 0.29) is 11.5 Å². The second kappa shape index (κ2) is 6.64. The molecule has 0 saturated heterocycles. The zero-order valence-corrected chi connectivity index (χ0v) is 13.0. The molecule has 0 fully saturated rings. The number of hydrogen-bond acceptors (Lipinski definition) is 4. The van der Waals surface area contributed by atoms with Crippen LogP contribution in [-0.4, -0.2) is 22.7 Å². The SMILES string of the molecule is CC(C)CC(O)CNCc1nc(C(C)(C)C)cs1. The Morgan fingerprint density at radius 3 is 2.56 bits per heavy atom. The van der Waals surface area contributed by atoms with Gasteiger partial charge in [0.2, 0.25) is 0 Å². The Morgan fingerprint density at radius 2 is 2.06 bits per heavy atom. The molecule has 1 atom stereocenters. The van der Waals surface area contributed by atoms with Crippen molar-refractivity contribution in [2.45, 2.75) is 59.1 Å². The molecule has 0 spiro atoms. The normalized spacial score (nSPS) is 14.2. The lowest BCUT2D eigenvalue weighted by Crippen LogP contribution is -2.27. The van der Waals surface area contributed by atoms with Crippen LogP contribution in [0, 0.1) is 5.92 Å². The lowest BCUT2D eigenvalue weighted by Gasteiger charge is -2.14. The van der Waals surface area contributed by atoms with Crippen molar-refractivity contribution in [2.24, 2.45) is 5.92 Å². The summed E-state index contributed by atoms with van der Waals surface area (Å²) >= 11 is 1.69. The molecule has 1 heterocycles. The number of nitrogens with one attached hydrogen (secondary N) is 1. The maximum absolute atomic E-state index is 9.75. The quantitative estimate of drug-likeness (QED) is 0.835. The van der Waals surface area contributed by atoms with Gasteiger partial charge in [-0.2, -0.15) is 0 Å². The van der Waals surface area contributed by atoms with E-state index in [0.29, 0.717) is 12.5 Å². The van der Waals surface area contributed by atoms with E-state index in [1.165, 1.54) is 0 Å². The van der Waals surface area contributed by atoms with Crippen molar-refractivity contribution in [3.63, 3.8) is 0 Å². The Hall–Kier alpha value is -0.450. The van der Waals surface area contributed by atoms with Crippen LogP contribution < -0.4 is 5.32 Å². The Labute approximate surface area is 115 Å². The minimum Gasteiger partial charge on any atom is -0.392 e. The second-order valence-electron chi connectivity index (χ2n) is 6.29. The van der Waals surface area contributed by atoms with Crippen LogP contribution in [-0.2, 0) is 12.0 Å². The van der Waals surface area contributed by atoms with Gasteiger partial charge in [-0.15, -0.1) is 11.3 Å². The van der Waals surface area contributed by atoms with E-state index in [9.17, 15) is 5.11 Å². The monoisotopic (exact) mass is 270 g/mol. The fourth-order valence-corrected chi connectivity index (χ4v) is 2.70. The summed E-state index contributed by atoms with van der Waals surface area (Å²) in [4.78, 5) is 4.61. The Balaban J connectivity index is 2.34. The molecule has 0 aromatic carbocycles. The molecule has 0 radical (unpaired) electrons. The highest BCUT2D eigenvalue weighted by molar-refractivity contribution is 7.09. The first-order valence-corrected chi connectivity index (χ1v) is 7.50. The molecule has 3 nitrogen and oxygen atoms in total. The maximum Gasteiger partial charge on any atom is 0.107 e. The molecule has 1 unspecified atom stereocenters. The predicted molar refractivity (Wildman–Crippen MR) is 78.0 cm³/mol. The largest absolute Gasteiger partial charge is 0.392 e. The fraction of sp³-hybridized carbons (Fsp3) is 0.786. The van der Waals surface area contributed by atoms with Crippen LogP contribution in [0.25, 0.3) is 0 Å². The number of hydrogen-bond donors (Lipinski definition) is 2. The van der Waals surface area contributed by atoms with Gasteiger partial charge in [0.15, 0.2) is 0 Å². The van der Waals surface area contributed by atoms with Crippen molar-refractivity contribution >= 4 is 11.3 Å². The van der Waals surface area contributed by atoms with Gasteiger partial charge in [-0.1, -0.05) is 34.6 Å². The van der Waals surface area contributed by atoms with E-state index in [4.69, 9.17) is 0 Å². The topological polar surface area (TPSA) is 45.1 Å². The average molecular weight is 270 g/mol. The summed E-state index contributed by atoms with van der Waals surface area (Å²) in [5.74, 6) is 0.536. The van der Waals surface area contributed by atoms with Gasteiger partial charge >= 0.3 is 0 Å². The molecule has 2 N–H and O–H groups in total. The lowest BCUT2D eigenvalue weighted by atomic mass is 9.93. The Morgan fingerprint density at radius 1 is 1.39 bits per heavy atom. The molecular weight excluding hydrogens is 244 g/mol. The highest BCUT2D eigenvalue weighted by Gasteiger charge is 2.17. The number of nitrogens with zero attached hydrogens (tertiary/aromatic N) is 1. The summed E-state index contributed by atoms with van der Waals surface area (Å²) in [6.07, 6.45) is 0.588. The highest BCUT2D eigenvalue weighted by Crippen LogP contribution is 2.23. The first-order chi connectivity index (χ1) is 8.29.